The van der Waals surface area contributed by atoms with Gasteiger partial charge in [-0.1, -0.05) is 12.1 Å². The monoisotopic (exact) mass is 367 g/mol. The fourth-order valence-electron chi connectivity index (χ4n) is 2.67. The molecule has 0 aromatic heterocycles. The molecule has 1 aliphatic rings. The number of nitrogens with one attached hydrogen (secondary N) is 1. The Hall–Kier alpha value is -3.68. The Balaban J connectivity index is 1.83. The highest BCUT2D eigenvalue weighted by Gasteiger charge is 2.18. The Morgan fingerprint density at radius 1 is 1.26 bits per heavy atom. The van der Waals surface area contributed by atoms with E-state index in [0.29, 0.717) is 28.3 Å². The van der Waals surface area contributed by atoms with Crippen LogP contribution in [0.1, 0.15) is 15.9 Å². The van der Waals surface area contributed by atoms with Crippen LogP contribution in [0.5, 0.6) is 5.75 Å². The van der Waals surface area contributed by atoms with Crippen LogP contribution in [0.25, 0.3) is 6.08 Å². The second-order valence-corrected chi connectivity index (χ2v) is 6.15. The zero-order valence-electron chi connectivity index (χ0n) is 14.8. The van der Waals surface area contributed by atoms with Crippen molar-refractivity contribution in [1.29, 1.82) is 0 Å². The van der Waals surface area contributed by atoms with E-state index < -0.39 is 4.92 Å². The fraction of sp³-hybridized carbons (Fsp3) is 0.158. The number of nitro groups is 1. The lowest BCUT2D eigenvalue weighted by atomic mass is 10.1. The SMILES string of the molecule is CN(C)c1ccc(/C=C/C(=O)c2ccc3c(c2)NC(=O)CO3)cc1[N+](=O)[O-]. The molecule has 0 saturated carbocycles. The van der Waals surface area contributed by atoms with Gasteiger partial charge in [0.1, 0.15) is 11.4 Å². The number of nitrogens with zero attached hydrogens (tertiary/aromatic N) is 2. The number of amides is 1. The highest BCUT2D eigenvalue weighted by Crippen LogP contribution is 2.30. The molecule has 0 saturated heterocycles. The minimum absolute atomic E-state index is 0.0387. The molecule has 27 heavy (non-hydrogen) atoms. The molecule has 8 nitrogen and oxygen atoms in total. The lowest BCUT2D eigenvalue weighted by Crippen LogP contribution is -2.25. The van der Waals surface area contributed by atoms with E-state index in [1.165, 1.54) is 24.3 Å². The second kappa shape index (κ2) is 7.28. The summed E-state index contributed by atoms with van der Waals surface area (Å²) in [5.41, 5.74) is 1.79. The van der Waals surface area contributed by atoms with Crippen molar-refractivity contribution in [3.8, 4) is 5.75 Å². The summed E-state index contributed by atoms with van der Waals surface area (Å²) in [7, 11) is 3.44. The highest BCUT2D eigenvalue weighted by molar-refractivity contribution is 6.08. The number of nitro benzene ring substituents is 1. The van der Waals surface area contributed by atoms with Crippen LogP contribution in [0.2, 0.25) is 0 Å². The van der Waals surface area contributed by atoms with Gasteiger partial charge in [-0.25, -0.2) is 0 Å². The number of carbonyl (C=O) groups is 2. The maximum Gasteiger partial charge on any atom is 0.293 e. The van der Waals surface area contributed by atoms with Gasteiger partial charge in [0.25, 0.3) is 11.6 Å². The van der Waals surface area contributed by atoms with Crippen molar-refractivity contribution in [1.82, 2.24) is 0 Å². The van der Waals surface area contributed by atoms with Crippen LogP contribution in [-0.4, -0.2) is 37.3 Å². The molecule has 0 aliphatic carbocycles. The minimum Gasteiger partial charge on any atom is -0.482 e. The number of anilines is 2. The number of benzene rings is 2. The van der Waals surface area contributed by atoms with E-state index in [9.17, 15) is 19.7 Å². The molecule has 1 N–H and O–H groups in total. The summed E-state index contributed by atoms with van der Waals surface area (Å²) in [4.78, 5) is 36.2. The quantitative estimate of drug-likeness (QED) is 0.377. The molecule has 138 valence electrons. The average molecular weight is 367 g/mol. The Morgan fingerprint density at radius 2 is 2.04 bits per heavy atom. The van der Waals surface area contributed by atoms with E-state index in [1.54, 1.807) is 43.3 Å². The summed E-state index contributed by atoms with van der Waals surface area (Å²) in [6, 6.07) is 9.50. The van der Waals surface area contributed by atoms with Crippen molar-refractivity contribution in [2.45, 2.75) is 0 Å². The van der Waals surface area contributed by atoms with Crippen LogP contribution in [0, 0.1) is 10.1 Å². The summed E-state index contributed by atoms with van der Waals surface area (Å²) in [6.07, 6.45) is 2.85. The highest BCUT2D eigenvalue weighted by atomic mass is 16.6. The summed E-state index contributed by atoms with van der Waals surface area (Å²) in [5.74, 6) is -0.0714. The maximum absolute atomic E-state index is 12.4. The standard InChI is InChI=1S/C19H17N3O5/c1-21(2)15-6-3-12(9-16(15)22(25)26)4-7-17(23)13-5-8-18-14(10-13)20-19(24)11-27-18/h3-10H,11H2,1-2H3,(H,20,24)/b7-4+. The molecule has 0 spiro atoms. The Morgan fingerprint density at radius 3 is 2.74 bits per heavy atom. The van der Waals surface area contributed by atoms with Gasteiger partial charge in [0, 0.05) is 25.7 Å². The maximum atomic E-state index is 12.4. The first kappa shape index (κ1) is 18.1. The van der Waals surface area contributed by atoms with Crippen LogP contribution >= 0.6 is 0 Å². The summed E-state index contributed by atoms with van der Waals surface area (Å²) >= 11 is 0. The summed E-state index contributed by atoms with van der Waals surface area (Å²) < 4.78 is 5.26. The number of rotatable bonds is 5. The molecule has 0 bridgehead atoms. The third-order valence-electron chi connectivity index (χ3n) is 4.00. The number of hydrogen-bond acceptors (Lipinski definition) is 6. The number of carbonyl (C=O) groups excluding carboxylic acids is 2. The third kappa shape index (κ3) is 3.95. The van der Waals surface area contributed by atoms with Gasteiger partial charge in [-0.15, -0.1) is 0 Å². The van der Waals surface area contributed by atoms with Gasteiger partial charge in [0.2, 0.25) is 0 Å². The van der Waals surface area contributed by atoms with E-state index in [-0.39, 0.29) is 24.0 Å². The molecule has 2 aromatic carbocycles. The van der Waals surface area contributed by atoms with Crippen molar-refractivity contribution in [3.63, 3.8) is 0 Å². The Bertz CT molecular complexity index is 966. The van der Waals surface area contributed by atoms with Crippen LogP contribution in [0.3, 0.4) is 0 Å². The van der Waals surface area contributed by atoms with Crippen LogP contribution in [-0.2, 0) is 4.79 Å². The van der Waals surface area contributed by atoms with E-state index in [4.69, 9.17) is 4.74 Å². The van der Waals surface area contributed by atoms with Crippen molar-refractivity contribution in [3.05, 3.63) is 63.7 Å². The van der Waals surface area contributed by atoms with Gasteiger partial charge >= 0.3 is 0 Å². The van der Waals surface area contributed by atoms with Crippen LogP contribution in [0.4, 0.5) is 17.1 Å². The third-order valence-corrected chi connectivity index (χ3v) is 4.00. The lowest BCUT2D eigenvalue weighted by molar-refractivity contribution is -0.384. The number of allylic oxidation sites excluding steroid dienone is 1. The molecule has 8 heteroatoms. The number of hydrogen-bond donors (Lipinski definition) is 1. The molecule has 3 rings (SSSR count). The number of ketones is 1. The molecule has 0 atom stereocenters. The molecule has 0 radical (unpaired) electrons. The van der Waals surface area contributed by atoms with Crippen LogP contribution in [0.15, 0.2) is 42.5 Å². The zero-order valence-corrected chi connectivity index (χ0v) is 14.8. The topological polar surface area (TPSA) is 102 Å². The molecule has 1 aliphatic heterocycles. The molecule has 0 fully saturated rings. The largest absolute Gasteiger partial charge is 0.482 e. The minimum atomic E-state index is -0.458. The first-order chi connectivity index (χ1) is 12.8. The number of fused-ring (bicyclic) bond motifs is 1. The van der Waals surface area contributed by atoms with E-state index >= 15 is 0 Å². The Labute approximate surface area is 155 Å². The predicted molar refractivity (Wildman–Crippen MR) is 101 cm³/mol. The lowest BCUT2D eigenvalue weighted by Gasteiger charge is -2.17. The summed E-state index contributed by atoms with van der Waals surface area (Å²) in [6.45, 7) is -0.0537. The molecule has 1 amide bonds. The second-order valence-electron chi connectivity index (χ2n) is 6.15. The van der Waals surface area contributed by atoms with Gasteiger partial charge in [-0.2, -0.15) is 0 Å². The predicted octanol–water partition coefficient (Wildman–Crippen LogP) is 2.89. The van der Waals surface area contributed by atoms with Gasteiger partial charge in [-0.05, 0) is 35.9 Å². The van der Waals surface area contributed by atoms with Crippen LogP contribution < -0.4 is 15.0 Å². The fourth-order valence-corrected chi connectivity index (χ4v) is 2.67. The molecule has 1 heterocycles. The van der Waals surface area contributed by atoms with Crippen molar-refractivity contribution < 1.29 is 19.2 Å². The molecular formula is C19H17N3O5. The number of ether oxygens (including phenoxy) is 1. The smallest absolute Gasteiger partial charge is 0.293 e. The molecular weight excluding hydrogens is 350 g/mol. The first-order valence-electron chi connectivity index (χ1n) is 8.10. The Kier molecular flexibility index (Phi) is 4.89. The first-order valence-corrected chi connectivity index (χ1v) is 8.10. The zero-order chi connectivity index (χ0) is 19.6. The average Bonchev–Trinajstić information content (AvgIpc) is 2.65. The van der Waals surface area contributed by atoms with Gasteiger partial charge in [-0.3, -0.25) is 19.7 Å². The van der Waals surface area contributed by atoms with Crippen molar-refractivity contribution in [2.24, 2.45) is 0 Å². The van der Waals surface area contributed by atoms with Gasteiger partial charge < -0.3 is 15.0 Å². The van der Waals surface area contributed by atoms with E-state index in [0.717, 1.165) is 0 Å². The summed E-state index contributed by atoms with van der Waals surface area (Å²) in [5, 5.41) is 13.9. The molecule has 2 aromatic rings. The molecule has 0 unspecified atom stereocenters. The van der Waals surface area contributed by atoms with Gasteiger partial charge in [0.05, 0.1) is 10.6 Å². The van der Waals surface area contributed by atoms with E-state index in [2.05, 4.69) is 5.32 Å². The normalized spacial score (nSPS) is 12.9. The van der Waals surface area contributed by atoms with Crippen molar-refractivity contribution in [2.75, 3.05) is 30.9 Å². The van der Waals surface area contributed by atoms with Crippen molar-refractivity contribution >= 4 is 34.8 Å². The van der Waals surface area contributed by atoms with Gasteiger partial charge in [0.15, 0.2) is 12.4 Å². The van der Waals surface area contributed by atoms with E-state index in [1.807, 2.05) is 0 Å².